The number of hydrogen-bond acceptors (Lipinski definition) is 9. The number of methoxy groups -OCH3 is 1. The third kappa shape index (κ3) is 7.53. The van der Waals surface area contributed by atoms with Crippen molar-refractivity contribution in [3.63, 3.8) is 0 Å². The van der Waals surface area contributed by atoms with Gasteiger partial charge < -0.3 is 45.2 Å². The molecule has 3 aromatic rings. The highest BCUT2D eigenvalue weighted by molar-refractivity contribution is 6.91. The molecule has 3 aromatic carbocycles. The van der Waals surface area contributed by atoms with Crippen molar-refractivity contribution in [3.8, 4) is 5.75 Å². The van der Waals surface area contributed by atoms with Crippen molar-refractivity contribution in [2.75, 3.05) is 35.8 Å². The second kappa shape index (κ2) is 15.9. The maximum Gasteiger partial charge on any atom is 0.264 e. The van der Waals surface area contributed by atoms with Crippen LogP contribution in [0.15, 0.2) is 66.7 Å². The predicted octanol–water partition coefficient (Wildman–Crippen LogP) is 3.47. The summed E-state index contributed by atoms with van der Waals surface area (Å²) in [7, 11) is -0.974. The standard InChI is InChI=1S/C41H52N4O9Si/c1-24-37(55(5,6)32-16-14-31(53-4)15-17-32)35(21-36(49)44-19-7-8-30(44)23-46)54-41(24)33-20-29(43-39(51)26(3)48)13-18-34(33)45(40(41)52)22-27-9-11-28(12-10-27)42-38(50)25(2)47/h9-18,20,24-26,30,35,37,46-48H,7-8,19,21-23H2,1-6H3,(H,42,50)(H,43,51)/t24-,25-,26-,30-,35+,37-,41+/m0/s1. The van der Waals surface area contributed by atoms with Crippen LogP contribution < -0.4 is 25.5 Å². The average Bonchev–Trinajstić information content (AvgIpc) is 3.82. The van der Waals surface area contributed by atoms with Gasteiger partial charge in [-0.2, -0.15) is 0 Å². The molecule has 0 radical (unpaired) electrons. The Balaban J connectivity index is 1.44. The lowest BCUT2D eigenvalue weighted by Crippen LogP contribution is -2.52. The predicted molar refractivity (Wildman–Crippen MR) is 211 cm³/mol. The molecule has 0 unspecified atom stereocenters. The fourth-order valence-corrected chi connectivity index (χ4v) is 12.8. The van der Waals surface area contributed by atoms with Gasteiger partial charge in [0.1, 0.15) is 18.0 Å². The number of anilines is 3. The number of hydrogen-bond donors (Lipinski definition) is 5. The van der Waals surface area contributed by atoms with E-state index < -0.39 is 49.7 Å². The maximum atomic E-state index is 15.3. The van der Waals surface area contributed by atoms with Gasteiger partial charge in [-0.05, 0) is 80.3 Å². The highest BCUT2D eigenvalue weighted by Gasteiger charge is 2.66. The molecule has 5 N–H and O–H groups in total. The Labute approximate surface area is 322 Å². The first-order chi connectivity index (χ1) is 26.1. The van der Waals surface area contributed by atoms with Crippen LogP contribution in [0.5, 0.6) is 5.75 Å². The Bertz CT molecular complexity index is 1920. The Kier molecular flexibility index (Phi) is 11.6. The molecule has 4 amide bonds. The van der Waals surface area contributed by atoms with Crippen molar-refractivity contribution in [2.24, 2.45) is 5.92 Å². The second-order valence-corrected chi connectivity index (χ2v) is 20.3. The van der Waals surface area contributed by atoms with Crippen LogP contribution in [-0.4, -0.2) is 96.5 Å². The fraction of sp³-hybridized carbons (Fsp3) is 0.463. The van der Waals surface area contributed by atoms with E-state index in [-0.39, 0.29) is 43.0 Å². The Hall–Kier alpha value is -4.60. The minimum atomic E-state index is -2.59. The SMILES string of the molecule is COc1ccc([Si](C)(C)[C@@H]2[C@@H](CC(=O)N3CCC[C@H]3CO)O[C@]3(C(=O)N(Cc4ccc(NC(=O)[C@H](C)O)cc4)c4ccc(NC(=O)[C@H](C)O)cc43)[C@H]2C)cc1. The third-order valence-electron chi connectivity index (χ3n) is 11.7. The largest absolute Gasteiger partial charge is 0.497 e. The minimum Gasteiger partial charge on any atom is -0.497 e. The molecule has 14 heteroatoms. The number of likely N-dealkylation sites (tertiary alicyclic amines) is 1. The lowest BCUT2D eigenvalue weighted by atomic mass is 9.82. The summed E-state index contributed by atoms with van der Waals surface area (Å²) in [5.74, 6) is -1.27. The zero-order valence-corrected chi connectivity index (χ0v) is 33.2. The number of nitrogens with one attached hydrogen (secondary N) is 2. The molecule has 1 spiro atoms. The molecule has 0 aromatic heterocycles. The number of fused-ring (bicyclic) bond motifs is 2. The molecule has 3 aliphatic rings. The van der Waals surface area contributed by atoms with Crippen LogP contribution in [0.25, 0.3) is 0 Å². The molecular weight excluding hydrogens is 721 g/mol. The molecule has 294 valence electrons. The molecule has 6 rings (SSSR count). The summed E-state index contributed by atoms with van der Waals surface area (Å²) in [5, 5.41) is 36.2. The van der Waals surface area contributed by atoms with Crippen LogP contribution >= 0.6 is 0 Å². The summed E-state index contributed by atoms with van der Waals surface area (Å²) in [6.45, 7) is 9.83. The summed E-state index contributed by atoms with van der Waals surface area (Å²) >= 11 is 0. The van der Waals surface area contributed by atoms with E-state index in [1.165, 1.54) is 13.8 Å². The van der Waals surface area contributed by atoms with E-state index in [1.807, 2.05) is 19.1 Å². The molecule has 7 atom stereocenters. The quantitative estimate of drug-likeness (QED) is 0.173. The van der Waals surface area contributed by atoms with E-state index >= 15 is 4.79 Å². The summed E-state index contributed by atoms with van der Waals surface area (Å²) in [6, 6.07) is 19.9. The Morgan fingerprint density at radius 2 is 1.58 bits per heavy atom. The second-order valence-electron chi connectivity index (χ2n) is 15.6. The topological polar surface area (TPSA) is 178 Å². The first kappa shape index (κ1) is 40.1. The van der Waals surface area contributed by atoms with E-state index in [4.69, 9.17) is 9.47 Å². The minimum absolute atomic E-state index is 0.0283. The number of benzene rings is 3. The number of rotatable bonds is 12. The van der Waals surface area contributed by atoms with Crippen LogP contribution in [0.1, 0.15) is 51.2 Å². The highest BCUT2D eigenvalue weighted by atomic mass is 28.3. The van der Waals surface area contributed by atoms with Gasteiger partial charge in [-0.3, -0.25) is 19.2 Å². The lowest BCUT2D eigenvalue weighted by molar-refractivity contribution is -0.150. The molecule has 3 heterocycles. The average molecular weight is 773 g/mol. The summed E-state index contributed by atoms with van der Waals surface area (Å²) in [5.41, 5.74) is 1.04. The normalized spacial score (nSPS) is 24.5. The number of nitrogens with zero attached hydrogens (tertiary/aromatic N) is 2. The molecule has 55 heavy (non-hydrogen) atoms. The summed E-state index contributed by atoms with van der Waals surface area (Å²) in [4.78, 5) is 57.5. The van der Waals surface area contributed by atoms with Crippen LogP contribution in [0.3, 0.4) is 0 Å². The van der Waals surface area contributed by atoms with Crippen molar-refractivity contribution in [2.45, 2.75) is 95.2 Å². The molecule has 3 aliphatic heterocycles. The number of ether oxygens (including phenoxy) is 2. The van der Waals surface area contributed by atoms with E-state index in [9.17, 15) is 29.7 Å². The van der Waals surface area contributed by atoms with Crippen LogP contribution in [0.2, 0.25) is 18.6 Å². The van der Waals surface area contributed by atoms with Crippen molar-refractivity contribution in [1.29, 1.82) is 0 Å². The molecule has 13 nitrogen and oxygen atoms in total. The van der Waals surface area contributed by atoms with E-state index in [2.05, 4.69) is 35.9 Å². The smallest absolute Gasteiger partial charge is 0.264 e. The molecule has 0 saturated carbocycles. The van der Waals surface area contributed by atoms with Gasteiger partial charge in [0, 0.05) is 29.4 Å². The van der Waals surface area contributed by atoms with Gasteiger partial charge in [-0.1, -0.05) is 49.5 Å². The zero-order valence-electron chi connectivity index (χ0n) is 32.2. The van der Waals surface area contributed by atoms with Gasteiger partial charge in [0.15, 0.2) is 5.60 Å². The maximum absolute atomic E-state index is 15.3. The zero-order chi connectivity index (χ0) is 39.8. The Morgan fingerprint density at radius 1 is 0.964 bits per heavy atom. The third-order valence-corrected chi connectivity index (χ3v) is 16.1. The van der Waals surface area contributed by atoms with Gasteiger partial charge in [-0.25, -0.2) is 0 Å². The monoisotopic (exact) mass is 772 g/mol. The van der Waals surface area contributed by atoms with Gasteiger partial charge in [0.2, 0.25) is 5.91 Å². The molecular formula is C41H52N4O9Si. The van der Waals surface area contributed by atoms with Gasteiger partial charge in [0.25, 0.3) is 17.7 Å². The number of amides is 4. The molecule has 0 bridgehead atoms. The number of aliphatic hydroxyl groups excluding tert-OH is 3. The number of carbonyl (C=O) groups excluding carboxylic acids is 4. The number of aliphatic hydroxyl groups is 3. The lowest BCUT2D eigenvalue weighted by Gasteiger charge is -2.37. The highest BCUT2D eigenvalue weighted by Crippen LogP contribution is 2.60. The van der Waals surface area contributed by atoms with Crippen LogP contribution in [0, 0.1) is 5.92 Å². The molecule has 0 aliphatic carbocycles. The van der Waals surface area contributed by atoms with Gasteiger partial charge in [-0.15, -0.1) is 0 Å². The van der Waals surface area contributed by atoms with Crippen molar-refractivity contribution in [3.05, 3.63) is 77.9 Å². The van der Waals surface area contributed by atoms with Crippen LogP contribution in [-0.2, 0) is 36.1 Å². The van der Waals surface area contributed by atoms with Crippen molar-refractivity contribution >= 4 is 54.0 Å². The first-order valence-electron chi connectivity index (χ1n) is 18.9. The molecule has 2 saturated heterocycles. The van der Waals surface area contributed by atoms with Crippen molar-refractivity contribution in [1.82, 2.24) is 4.90 Å². The van der Waals surface area contributed by atoms with Gasteiger partial charge >= 0.3 is 0 Å². The molecule has 2 fully saturated rings. The first-order valence-corrected chi connectivity index (χ1v) is 22.0. The van der Waals surface area contributed by atoms with Gasteiger partial charge in [0.05, 0.1) is 52.6 Å². The van der Waals surface area contributed by atoms with E-state index in [1.54, 1.807) is 59.4 Å². The Morgan fingerprint density at radius 3 is 2.18 bits per heavy atom. The summed E-state index contributed by atoms with van der Waals surface area (Å²) < 4.78 is 12.6. The summed E-state index contributed by atoms with van der Waals surface area (Å²) in [6.07, 6.45) is -1.55. The van der Waals surface area contributed by atoms with E-state index in [0.717, 1.165) is 29.3 Å². The van der Waals surface area contributed by atoms with Crippen molar-refractivity contribution < 1.29 is 44.0 Å². The van der Waals surface area contributed by atoms with E-state index in [0.29, 0.717) is 29.2 Å². The fourth-order valence-electron chi connectivity index (χ4n) is 8.76. The van der Waals surface area contributed by atoms with Crippen LogP contribution in [0.4, 0.5) is 17.1 Å². The number of carbonyl (C=O) groups is 4.